The monoisotopic (exact) mass is 478 g/mol. The average Bonchev–Trinajstić information content (AvgIpc) is 1.82. The minimum absolute atomic E-state index is 0.0767. The van der Waals surface area contributed by atoms with Crippen molar-refractivity contribution < 1.29 is 5.11 Å². The van der Waals surface area contributed by atoms with Crippen LogP contribution in [-0.2, 0) is 0 Å². The Hall–Kier alpha value is 2.15. The molecular formula is C6H9I3O. The molecule has 0 radical (unpaired) electrons. The molecule has 2 atom stereocenters. The Bertz CT molecular complexity index is 108. The van der Waals surface area contributed by atoms with Crippen molar-refractivity contribution in [3.8, 4) is 0 Å². The van der Waals surface area contributed by atoms with Crippen molar-refractivity contribution in [3.63, 3.8) is 0 Å². The topological polar surface area (TPSA) is 20.2 Å². The number of halogens is 3. The maximum absolute atomic E-state index is 9.55. The first-order valence-corrected chi connectivity index (χ1v) is 6.95. The van der Waals surface area contributed by atoms with E-state index in [2.05, 4.69) is 67.8 Å². The zero-order chi connectivity index (χ0) is 7.72. The van der Waals surface area contributed by atoms with Gasteiger partial charge in [-0.1, -0.05) is 67.8 Å². The summed E-state index contributed by atoms with van der Waals surface area (Å²) in [5, 5.41) is 9.55. The summed E-state index contributed by atoms with van der Waals surface area (Å²) in [6.45, 7) is 0. The van der Waals surface area contributed by atoms with E-state index in [1.165, 1.54) is 12.8 Å². The van der Waals surface area contributed by atoms with E-state index in [0.29, 0.717) is 7.85 Å². The minimum Gasteiger partial charge on any atom is -0.391 e. The fraction of sp³-hybridized carbons (Fsp3) is 1.00. The molecule has 0 aromatic heterocycles. The van der Waals surface area contributed by atoms with Gasteiger partial charge in [-0.05, 0) is 12.8 Å². The van der Waals surface area contributed by atoms with E-state index in [4.69, 9.17) is 0 Å². The summed E-state index contributed by atoms with van der Waals surface area (Å²) >= 11 is 7.18. The lowest BCUT2D eigenvalue weighted by molar-refractivity contribution is 0.157. The largest absolute Gasteiger partial charge is 0.391 e. The fourth-order valence-electron chi connectivity index (χ4n) is 1.09. The maximum atomic E-state index is 9.55. The Kier molecular flexibility index (Phi) is 4.51. The molecule has 0 aromatic carbocycles. The second-order valence-electron chi connectivity index (χ2n) is 2.59. The summed E-state index contributed by atoms with van der Waals surface area (Å²) in [7, 11) is 0. The van der Waals surface area contributed by atoms with E-state index in [1.54, 1.807) is 0 Å². The van der Waals surface area contributed by atoms with Gasteiger partial charge in [0, 0.05) is 11.8 Å². The van der Waals surface area contributed by atoms with Crippen molar-refractivity contribution >= 4 is 67.8 Å². The van der Waals surface area contributed by atoms with Crippen molar-refractivity contribution in [1.29, 1.82) is 0 Å². The molecule has 1 aliphatic carbocycles. The number of hydrogen-bond acceptors (Lipinski definition) is 1. The van der Waals surface area contributed by atoms with Gasteiger partial charge in [0.15, 0.2) is 0 Å². The lowest BCUT2D eigenvalue weighted by atomic mass is 9.98. The van der Waals surface area contributed by atoms with Crippen LogP contribution in [0.2, 0.25) is 0 Å². The third-order valence-corrected chi connectivity index (χ3v) is 5.21. The molecule has 1 saturated carbocycles. The third kappa shape index (κ3) is 2.58. The van der Waals surface area contributed by atoms with Crippen LogP contribution in [0.15, 0.2) is 0 Å². The molecule has 0 bridgehead atoms. The molecule has 0 saturated heterocycles. The Balaban J connectivity index is 2.49. The van der Waals surface area contributed by atoms with Crippen LogP contribution in [0.3, 0.4) is 0 Å². The van der Waals surface area contributed by atoms with E-state index in [-0.39, 0.29) is 6.10 Å². The van der Waals surface area contributed by atoms with Gasteiger partial charge in [0.05, 0.1) is 6.10 Å². The number of aliphatic hydroxyl groups excluding tert-OH is 1. The summed E-state index contributed by atoms with van der Waals surface area (Å²) < 4.78 is 1.70. The highest BCUT2D eigenvalue weighted by Crippen LogP contribution is 2.33. The van der Waals surface area contributed by atoms with Crippen LogP contribution < -0.4 is 0 Å². The molecule has 0 heterocycles. The molecule has 1 fully saturated rings. The number of alkyl halides is 3. The van der Waals surface area contributed by atoms with Crippen LogP contribution in [0.4, 0.5) is 0 Å². The molecule has 0 aliphatic heterocycles. The molecule has 10 heavy (non-hydrogen) atoms. The van der Waals surface area contributed by atoms with Crippen LogP contribution in [0.1, 0.15) is 12.8 Å². The van der Waals surface area contributed by atoms with E-state index < -0.39 is 0 Å². The zero-order valence-corrected chi connectivity index (χ0v) is 11.8. The first-order valence-electron chi connectivity index (χ1n) is 3.21. The van der Waals surface area contributed by atoms with Crippen LogP contribution in [0.5, 0.6) is 0 Å². The second kappa shape index (κ2) is 4.40. The second-order valence-corrected chi connectivity index (χ2v) is 7.55. The minimum atomic E-state index is -0.0767. The predicted molar refractivity (Wildman–Crippen MR) is 68.7 cm³/mol. The molecule has 4 heteroatoms. The zero-order valence-electron chi connectivity index (χ0n) is 5.30. The smallest absolute Gasteiger partial charge is 0.0775 e. The summed E-state index contributed by atoms with van der Waals surface area (Å²) in [4.78, 5) is 0. The third-order valence-electron chi connectivity index (χ3n) is 1.70. The number of aliphatic hydroxyl groups is 1. The summed E-state index contributed by atoms with van der Waals surface area (Å²) in [5.41, 5.74) is 0. The van der Waals surface area contributed by atoms with Gasteiger partial charge in [-0.15, -0.1) is 0 Å². The van der Waals surface area contributed by atoms with Gasteiger partial charge in [-0.25, -0.2) is 0 Å². The molecule has 0 amide bonds. The Labute approximate surface area is 102 Å². The van der Waals surface area contributed by atoms with Crippen molar-refractivity contribution in [2.75, 3.05) is 0 Å². The number of hydrogen-bond donors (Lipinski definition) is 1. The molecular weight excluding hydrogens is 469 g/mol. The van der Waals surface area contributed by atoms with Crippen LogP contribution in [0.25, 0.3) is 0 Å². The SMILES string of the molecule is OC1C(I)CC(I)CC1I. The lowest BCUT2D eigenvalue weighted by Gasteiger charge is -2.31. The van der Waals surface area contributed by atoms with Gasteiger partial charge in [0.1, 0.15) is 0 Å². The van der Waals surface area contributed by atoms with Crippen molar-refractivity contribution in [2.24, 2.45) is 0 Å². The van der Waals surface area contributed by atoms with Crippen molar-refractivity contribution in [1.82, 2.24) is 0 Å². The van der Waals surface area contributed by atoms with Gasteiger partial charge in [-0.2, -0.15) is 0 Å². The van der Waals surface area contributed by atoms with Crippen LogP contribution in [0, 0.1) is 0 Å². The first kappa shape index (κ1) is 10.2. The molecule has 0 spiro atoms. The Morgan fingerprint density at radius 3 is 1.80 bits per heavy atom. The molecule has 1 aliphatic rings. The van der Waals surface area contributed by atoms with E-state index in [0.717, 1.165) is 3.92 Å². The highest BCUT2D eigenvalue weighted by molar-refractivity contribution is 14.1. The maximum Gasteiger partial charge on any atom is 0.0775 e. The molecule has 0 aromatic rings. The van der Waals surface area contributed by atoms with E-state index >= 15 is 0 Å². The highest BCUT2D eigenvalue weighted by atomic mass is 127. The van der Waals surface area contributed by atoms with Gasteiger partial charge in [-0.3, -0.25) is 0 Å². The van der Waals surface area contributed by atoms with Crippen LogP contribution in [-0.4, -0.2) is 23.0 Å². The van der Waals surface area contributed by atoms with Crippen molar-refractivity contribution in [3.05, 3.63) is 0 Å². The highest BCUT2D eigenvalue weighted by Gasteiger charge is 2.32. The Morgan fingerprint density at radius 2 is 1.40 bits per heavy atom. The van der Waals surface area contributed by atoms with Gasteiger partial charge >= 0.3 is 0 Å². The molecule has 60 valence electrons. The molecule has 1 N–H and O–H groups in total. The summed E-state index contributed by atoms with van der Waals surface area (Å²) in [6, 6.07) is 0. The van der Waals surface area contributed by atoms with Gasteiger partial charge in [0.25, 0.3) is 0 Å². The molecule has 2 unspecified atom stereocenters. The fourth-order valence-corrected chi connectivity index (χ4v) is 7.16. The molecule has 1 nitrogen and oxygen atoms in total. The predicted octanol–water partition coefficient (Wildman–Crippen LogP) is 2.55. The van der Waals surface area contributed by atoms with Gasteiger partial charge < -0.3 is 5.11 Å². The number of rotatable bonds is 0. The van der Waals surface area contributed by atoms with Crippen molar-refractivity contribution in [2.45, 2.75) is 30.7 Å². The summed E-state index contributed by atoms with van der Waals surface area (Å²) in [5.74, 6) is 0. The van der Waals surface area contributed by atoms with Gasteiger partial charge in [0.2, 0.25) is 0 Å². The lowest BCUT2D eigenvalue weighted by Crippen LogP contribution is -2.38. The standard InChI is InChI=1S/C6H9I3O/c7-3-1-4(8)6(10)5(9)2-3/h3-6,10H,1-2H2. The van der Waals surface area contributed by atoms with E-state index in [9.17, 15) is 5.11 Å². The molecule has 1 rings (SSSR count). The van der Waals surface area contributed by atoms with Crippen LogP contribution >= 0.6 is 67.8 Å². The quantitative estimate of drug-likeness (QED) is 0.420. The summed E-state index contributed by atoms with van der Waals surface area (Å²) in [6.07, 6.45) is 2.26. The first-order chi connectivity index (χ1) is 4.61. The Morgan fingerprint density at radius 1 is 1.00 bits per heavy atom. The van der Waals surface area contributed by atoms with E-state index in [1.807, 2.05) is 0 Å². The average molecular weight is 478 g/mol. The normalized spacial score (nSPS) is 49.2.